The molecule has 0 unspecified atom stereocenters. The highest BCUT2D eigenvalue weighted by atomic mass is 16.6. The van der Waals surface area contributed by atoms with E-state index < -0.39 is 4.92 Å². The largest absolute Gasteiger partial charge is 0.277 e. The molecule has 0 spiro atoms. The maximum atomic E-state index is 11.0. The number of nitriles is 1. The Labute approximate surface area is 110 Å². The van der Waals surface area contributed by atoms with Crippen LogP contribution in [-0.2, 0) is 0 Å². The number of para-hydroxylation sites is 1. The molecule has 0 N–H and O–H groups in total. The molecule has 4 nitrogen and oxygen atoms in total. The lowest BCUT2D eigenvalue weighted by Gasteiger charge is -2.04. The molecule has 0 amide bonds. The number of nitro benzene ring substituents is 1. The van der Waals surface area contributed by atoms with E-state index in [0.29, 0.717) is 5.56 Å². The first kappa shape index (κ1) is 12.5. The molecule has 2 aromatic rings. The van der Waals surface area contributed by atoms with E-state index in [1.165, 1.54) is 12.1 Å². The van der Waals surface area contributed by atoms with Gasteiger partial charge in [0, 0.05) is 12.1 Å². The molecule has 19 heavy (non-hydrogen) atoms. The van der Waals surface area contributed by atoms with Gasteiger partial charge in [0.25, 0.3) is 5.69 Å². The Morgan fingerprint density at radius 1 is 1.16 bits per heavy atom. The summed E-state index contributed by atoms with van der Waals surface area (Å²) in [6.07, 6.45) is 3.04. The van der Waals surface area contributed by atoms with E-state index in [1.54, 1.807) is 24.3 Å². The van der Waals surface area contributed by atoms with Crippen LogP contribution < -0.4 is 0 Å². The van der Waals surface area contributed by atoms with Crippen molar-refractivity contribution in [1.82, 2.24) is 0 Å². The van der Waals surface area contributed by atoms with Crippen LogP contribution in [-0.4, -0.2) is 4.92 Å². The van der Waals surface area contributed by atoms with Crippen LogP contribution in [0.1, 0.15) is 5.56 Å². The molecule has 0 saturated carbocycles. The van der Waals surface area contributed by atoms with Gasteiger partial charge in [0.15, 0.2) is 0 Å². The van der Waals surface area contributed by atoms with Gasteiger partial charge >= 0.3 is 0 Å². The molecular weight excluding hydrogens is 240 g/mol. The highest BCUT2D eigenvalue weighted by molar-refractivity contribution is 5.75. The second kappa shape index (κ2) is 5.61. The minimum Gasteiger partial charge on any atom is -0.258 e. The van der Waals surface area contributed by atoms with Gasteiger partial charge in [-0.3, -0.25) is 10.1 Å². The van der Waals surface area contributed by atoms with Crippen LogP contribution in [0.5, 0.6) is 0 Å². The topological polar surface area (TPSA) is 66.9 Å². The standard InChI is InChI=1S/C15H10N2O2/c16-10-4-6-12-5-3-7-13(11-12)14-8-1-2-9-15(14)17(18)19/h1-9,11H/b6-4-. The monoisotopic (exact) mass is 250 g/mol. The van der Waals surface area contributed by atoms with E-state index in [-0.39, 0.29) is 5.69 Å². The minimum absolute atomic E-state index is 0.0731. The van der Waals surface area contributed by atoms with E-state index in [0.717, 1.165) is 11.1 Å². The Bertz CT molecular complexity index is 685. The molecule has 0 bridgehead atoms. The summed E-state index contributed by atoms with van der Waals surface area (Å²) in [7, 11) is 0. The average molecular weight is 250 g/mol. The molecule has 0 aliphatic carbocycles. The molecule has 0 radical (unpaired) electrons. The fourth-order valence-corrected chi connectivity index (χ4v) is 1.82. The summed E-state index contributed by atoms with van der Waals surface area (Å²) in [5.41, 5.74) is 2.23. The molecule has 0 aromatic heterocycles. The van der Waals surface area contributed by atoms with Gasteiger partial charge in [0.05, 0.1) is 16.6 Å². The number of nitro groups is 1. The lowest BCUT2D eigenvalue weighted by molar-refractivity contribution is -0.384. The van der Waals surface area contributed by atoms with Crippen molar-refractivity contribution in [1.29, 1.82) is 5.26 Å². The Balaban J connectivity index is 2.51. The zero-order valence-corrected chi connectivity index (χ0v) is 9.98. The van der Waals surface area contributed by atoms with Gasteiger partial charge in [-0.25, -0.2) is 0 Å². The van der Waals surface area contributed by atoms with Crippen LogP contribution >= 0.6 is 0 Å². The van der Waals surface area contributed by atoms with Crippen LogP contribution in [0.2, 0.25) is 0 Å². The molecule has 92 valence electrons. The van der Waals surface area contributed by atoms with Gasteiger partial charge in [-0.2, -0.15) is 5.26 Å². The van der Waals surface area contributed by atoms with Crippen molar-refractivity contribution in [3.05, 3.63) is 70.3 Å². The Kier molecular flexibility index (Phi) is 3.70. The normalized spacial score (nSPS) is 10.3. The molecule has 4 heteroatoms. The molecule has 2 rings (SSSR count). The Morgan fingerprint density at radius 2 is 1.95 bits per heavy atom. The summed E-state index contributed by atoms with van der Waals surface area (Å²) in [5, 5.41) is 19.5. The SMILES string of the molecule is N#C/C=C\c1cccc(-c2ccccc2[N+](=O)[O-])c1. The molecule has 0 fully saturated rings. The predicted molar refractivity (Wildman–Crippen MR) is 73.2 cm³/mol. The molecular formula is C15H10N2O2. The number of benzene rings is 2. The van der Waals surface area contributed by atoms with E-state index in [2.05, 4.69) is 0 Å². The highest BCUT2D eigenvalue weighted by Gasteiger charge is 2.13. The molecule has 0 heterocycles. The molecule has 0 saturated heterocycles. The summed E-state index contributed by atoms with van der Waals surface area (Å²) in [4.78, 5) is 10.6. The predicted octanol–water partition coefficient (Wildman–Crippen LogP) is 3.80. The maximum absolute atomic E-state index is 11.0. The number of rotatable bonds is 3. The number of allylic oxidation sites excluding steroid dienone is 1. The van der Waals surface area contributed by atoms with E-state index >= 15 is 0 Å². The zero-order valence-electron chi connectivity index (χ0n) is 9.98. The van der Waals surface area contributed by atoms with Crippen LogP contribution in [0.15, 0.2) is 54.6 Å². The number of hydrogen-bond donors (Lipinski definition) is 0. The van der Waals surface area contributed by atoms with Crippen LogP contribution in [0.3, 0.4) is 0 Å². The third-order valence-corrected chi connectivity index (χ3v) is 2.65. The van der Waals surface area contributed by atoms with Crippen molar-refractivity contribution in [2.75, 3.05) is 0 Å². The van der Waals surface area contributed by atoms with Crippen LogP contribution in [0.4, 0.5) is 5.69 Å². The van der Waals surface area contributed by atoms with E-state index in [9.17, 15) is 10.1 Å². The third kappa shape index (κ3) is 2.85. The van der Waals surface area contributed by atoms with Gasteiger partial charge < -0.3 is 0 Å². The van der Waals surface area contributed by atoms with Crippen molar-refractivity contribution in [2.45, 2.75) is 0 Å². The molecule has 0 aliphatic rings. The van der Waals surface area contributed by atoms with Crippen LogP contribution in [0.25, 0.3) is 17.2 Å². The van der Waals surface area contributed by atoms with Crippen molar-refractivity contribution >= 4 is 11.8 Å². The first-order valence-electron chi connectivity index (χ1n) is 5.62. The Hall–Kier alpha value is -2.93. The van der Waals surface area contributed by atoms with Gasteiger partial charge in [-0.05, 0) is 29.3 Å². The number of hydrogen-bond acceptors (Lipinski definition) is 3. The molecule has 0 aliphatic heterocycles. The second-order valence-corrected chi connectivity index (χ2v) is 3.86. The Morgan fingerprint density at radius 3 is 2.68 bits per heavy atom. The molecule has 0 atom stereocenters. The quantitative estimate of drug-likeness (QED) is 0.472. The smallest absolute Gasteiger partial charge is 0.258 e. The minimum atomic E-state index is -0.396. The first-order valence-corrected chi connectivity index (χ1v) is 5.62. The molecule has 2 aromatic carbocycles. The first-order chi connectivity index (χ1) is 9.22. The average Bonchev–Trinajstić information content (AvgIpc) is 2.45. The summed E-state index contributed by atoms with van der Waals surface area (Å²) >= 11 is 0. The van der Waals surface area contributed by atoms with E-state index in [4.69, 9.17) is 5.26 Å². The summed E-state index contributed by atoms with van der Waals surface area (Å²) in [5.74, 6) is 0. The highest BCUT2D eigenvalue weighted by Crippen LogP contribution is 2.29. The van der Waals surface area contributed by atoms with Gasteiger partial charge in [-0.1, -0.05) is 30.3 Å². The fraction of sp³-hybridized carbons (Fsp3) is 0. The van der Waals surface area contributed by atoms with Crippen LogP contribution in [0, 0.1) is 21.4 Å². The van der Waals surface area contributed by atoms with Gasteiger partial charge in [-0.15, -0.1) is 0 Å². The van der Waals surface area contributed by atoms with Gasteiger partial charge in [0.2, 0.25) is 0 Å². The third-order valence-electron chi connectivity index (χ3n) is 2.65. The van der Waals surface area contributed by atoms with Crippen molar-refractivity contribution in [2.24, 2.45) is 0 Å². The summed E-state index contributed by atoms with van der Waals surface area (Å²) < 4.78 is 0. The van der Waals surface area contributed by atoms with Crippen molar-refractivity contribution in [3.8, 4) is 17.2 Å². The zero-order chi connectivity index (χ0) is 13.7. The summed E-state index contributed by atoms with van der Waals surface area (Å²) in [6.45, 7) is 0. The summed E-state index contributed by atoms with van der Waals surface area (Å²) in [6, 6.07) is 15.8. The fourth-order valence-electron chi connectivity index (χ4n) is 1.82. The second-order valence-electron chi connectivity index (χ2n) is 3.86. The maximum Gasteiger partial charge on any atom is 0.277 e. The van der Waals surface area contributed by atoms with Crippen molar-refractivity contribution in [3.63, 3.8) is 0 Å². The van der Waals surface area contributed by atoms with E-state index in [1.807, 2.05) is 30.3 Å². The lowest BCUT2D eigenvalue weighted by atomic mass is 10.0. The number of nitrogens with zero attached hydrogens (tertiary/aromatic N) is 2. The van der Waals surface area contributed by atoms with Gasteiger partial charge in [0.1, 0.15) is 0 Å². The lowest BCUT2D eigenvalue weighted by Crippen LogP contribution is -1.91. The van der Waals surface area contributed by atoms with Crippen molar-refractivity contribution < 1.29 is 4.92 Å².